The van der Waals surface area contributed by atoms with E-state index in [1.165, 1.54) is 0 Å². The highest BCUT2D eigenvalue weighted by Crippen LogP contribution is 2.33. The lowest BCUT2D eigenvalue weighted by atomic mass is 9.79. The minimum absolute atomic E-state index is 0.0668. The van der Waals surface area contributed by atoms with Gasteiger partial charge in [0.1, 0.15) is 11.6 Å². The molecule has 0 amide bonds. The smallest absolute Gasteiger partial charge is 0.305 e. The lowest BCUT2D eigenvalue weighted by molar-refractivity contribution is -0.138. The number of rotatable bonds is 7. The molecule has 0 unspecified atom stereocenters. The van der Waals surface area contributed by atoms with Crippen molar-refractivity contribution in [1.82, 2.24) is 0 Å². The molecule has 112 valence electrons. The summed E-state index contributed by atoms with van der Waals surface area (Å²) in [4.78, 5) is 11.0. The minimum Gasteiger partial charge on any atom is -0.481 e. The molecule has 0 aromatic heterocycles. The molecule has 0 saturated carbocycles. The summed E-state index contributed by atoms with van der Waals surface area (Å²) in [5, 5.41) is 9.02. The van der Waals surface area contributed by atoms with Gasteiger partial charge in [0, 0.05) is 5.56 Å². The number of aliphatic carboxylic acids is 1. The zero-order chi connectivity index (χ0) is 15.3. The first-order valence-corrected chi connectivity index (χ1v) is 6.74. The molecule has 3 nitrogen and oxygen atoms in total. The molecule has 0 aliphatic heterocycles. The summed E-state index contributed by atoms with van der Waals surface area (Å²) in [5.74, 6) is -2.28. The van der Waals surface area contributed by atoms with Crippen LogP contribution < -0.4 is 5.73 Å². The van der Waals surface area contributed by atoms with Gasteiger partial charge < -0.3 is 10.8 Å². The average molecular weight is 285 g/mol. The Bertz CT molecular complexity index is 479. The highest BCUT2D eigenvalue weighted by atomic mass is 19.1. The van der Waals surface area contributed by atoms with Gasteiger partial charge in [0.25, 0.3) is 0 Å². The molecule has 0 fully saturated rings. The predicted molar refractivity (Wildman–Crippen MR) is 73.2 cm³/mol. The third-order valence-corrected chi connectivity index (χ3v) is 3.43. The Morgan fingerprint density at radius 3 is 2.65 bits per heavy atom. The number of hydrogen-bond acceptors (Lipinski definition) is 2. The third kappa shape index (κ3) is 4.27. The van der Waals surface area contributed by atoms with Gasteiger partial charge in [0.2, 0.25) is 0 Å². The maximum atomic E-state index is 13.9. The van der Waals surface area contributed by atoms with Crippen molar-refractivity contribution in [2.24, 2.45) is 11.7 Å². The van der Waals surface area contributed by atoms with Gasteiger partial charge in [-0.1, -0.05) is 26.7 Å². The van der Waals surface area contributed by atoms with Crippen LogP contribution in [0.5, 0.6) is 0 Å². The van der Waals surface area contributed by atoms with E-state index in [0.29, 0.717) is 6.42 Å². The van der Waals surface area contributed by atoms with Crippen LogP contribution in [0.25, 0.3) is 0 Å². The molecule has 0 bridgehead atoms. The van der Waals surface area contributed by atoms with E-state index in [1.54, 1.807) is 0 Å². The summed E-state index contributed by atoms with van der Waals surface area (Å²) < 4.78 is 27.2. The molecule has 2 atom stereocenters. The number of hydrogen-bond donors (Lipinski definition) is 2. The molecule has 0 heterocycles. The molecule has 5 heteroatoms. The van der Waals surface area contributed by atoms with Crippen LogP contribution in [0, 0.1) is 17.6 Å². The van der Waals surface area contributed by atoms with Crippen LogP contribution in [0.15, 0.2) is 18.2 Å². The lowest BCUT2D eigenvalue weighted by Gasteiger charge is -2.31. The van der Waals surface area contributed by atoms with Crippen LogP contribution in [0.1, 0.15) is 45.1 Å². The van der Waals surface area contributed by atoms with E-state index >= 15 is 0 Å². The molecule has 1 rings (SSSR count). The number of halogens is 2. The van der Waals surface area contributed by atoms with Gasteiger partial charge in [-0.25, -0.2) is 8.78 Å². The Hall–Kier alpha value is -1.49. The second kappa shape index (κ2) is 6.79. The number of nitrogens with two attached hydrogens (primary N) is 1. The second-order valence-corrected chi connectivity index (χ2v) is 5.45. The van der Waals surface area contributed by atoms with Gasteiger partial charge in [-0.2, -0.15) is 0 Å². The van der Waals surface area contributed by atoms with Crippen LogP contribution in [-0.4, -0.2) is 11.1 Å². The molecular formula is C15H21F2NO2. The summed E-state index contributed by atoms with van der Waals surface area (Å²) >= 11 is 0. The van der Waals surface area contributed by atoms with E-state index in [2.05, 4.69) is 0 Å². The van der Waals surface area contributed by atoms with Crippen molar-refractivity contribution in [1.29, 1.82) is 0 Å². The molecule has 0 aliphatic rings. The van der Waals surface area contributed by atoms with Crippen LogP contribution in [0.4, 0.5) is 8.78 Å². The SMILES string of the molecule is CCC[C@@H](C)C[C@](N)(CC(=O)O)c1cc(F)ccc1F. The standard InChI is InChI=1S/C15H21F2NO2/c1-3-4-10(2)8-15(18,9-14(19)20)12-7-11(16)5-6-13(12)17/h5-7,10H,3-4,8-9,18H2,1-2H3,(H,19,20)/t10-,15+/m1/s1. The summed E-state index contributed by atoms with van der Waals surface area (Å²) in [6, 6.07) is 2.98. The van der Waals surface area contributed by atoms with Gasteiger partial charge in [-0.15, -0.1) is 0 Å². The second-order valence-electron chi connectivity index (χ2n) is 5.45. The first kappa shape index (κ1) is 16.6. The van der Waals surface area contributed by atoms with Crippen LogP contribution in [0.2, 0.25) is 0 Å². The maximum absolute atomic E-state index is 13.9. The number of carbonyl (C=O) groups is 1. The van der Waals surface area contributed by atoms with Gasteiger partial charge >= 0.3 is 5.97 Å². The topological polar surface area (TPSA) is 63.3 Å². The zero-order valence-corrected chi connectivity index (χ0v) is 11.8. The molecule has 0 spiro atoms. The van der Waals surface area contributed by atoms with E-state index in [1.807, 2.05) is 13.8 Å². The van der Waals surface area contributed by atoms with E-state index < -0.39 is 29.6 Å². The van der Waals surface area contributed by atoms with Gasteiger partial charge in [-0.3, -0.25) is 4.79 Å². The van der Waals surface area contributed by atoms with Crippen LogP contribution in [-0.2, 0) is 10.3 Å². The van der Waals surface area contributed by atoms with E-state index in [9.17, 15) is 13.6 Å². The largest absolute Gasteiger partial charge is 0.481 e. The average Bonchev–Trinajstić information content (AvgIpc) is 2.31. The zero-order valence-electron chi connectivity index (χ0n) is 11.8. The van der Waals surface area contributed by atoms with Crippen molar-refractivity contribution >= 4 is 5.97 Å². The Labute approximate surface area is 117 Å². The molecule has 1 aromatic carbocycles. The predicted octanol–water partition coefficient (Wildman–Crippen LogP) is 3.42. The molecular weight excluding hydrogens is 264 g/mol. The van der Waals surface area contributed by atoms with E-state index in [-0.39, 0.29) is 11.5 Å². The van der Waals surface area contributed by atoms with Crippen molar-refractivity contribution in [3.8, 4) is 0 Å². The summed E-state index contributed by atoms with van der Waals surface area (Å²) in [7, 11) is 0. The molecule has 3 N–H and O–H groups in total. The molecule has 0 saturated heterocycles. The van der Waals surface area contributed by atoms with Crippen molar-refractivity contribution in [3.63, 3.8) is 0 Å². The Morgan fingerprint density at radius 1 is 1.45 bits per heavy atom. The fourth-order valence-electron chi connectivity index (χ4n) is 2.64. The normalized spacial score (nSPS) is 15.7. The van der Waals surface area contributed by atoms with E-state index in [4.69, 9.17) is 10.8 Å². The van der Waals surface area contributed by atoms with E-state index in [0.717, 1.165) is 31.0 Å². The quantitative estimate of drug-likeness (QED) is 0.807. The first-order chi connectivity index (χ1) is 9.28. The van der Waals surface area contributed by atoms with Crippen molar-refractivity contribution in [2.45, 2.75) is 45.1 Å². The highest BCUT2D eigenvalue weighted by molar-refractivity contribution is 5.69. The molecule has 1 aromatic rings. The highest BCUT2D eigenvalue weighted by Gasteiger charge is 2.34. The molecule has 0 radical (unpaired) electrons. The molecule has 20 heavy (non-hydrogen) atoms. The number of carboxylic acids is 1. The Kier molecular flexibility index (Phi) is 5.62. The Morgan fingerprint density at radius 2 is 2.10 bits per heavy atom. The van der Waals surface area contributed by atoms with Gasteiger partial charge in [0.05, 0.1) is 12.0 Å². The summed E-state index contributed by atoms with van der Waals surface area (Å²) in [5.41, 5.74) is 4.67. The van der Waals surface area contributed by atoms with Crippen LogP contribution in [0.3, 0.4) is 0 Å². The van der Waals surface area contributed by atoms with Crippen LogP contribution >= 0.6 is 0 Å². The third-order valence-electron chi connectivity index (χ3n) is 3.43. The minimum atomic E-state index is -1.40. The maximum Gasteiger partial charge on any atom is 0.305 e. The molecule has 0 aliphatic carbocycles. The van der Waals surface area contributed by atoms with Gasteiger partial charge in [-0.05, 0) is 30.5 Å². The monoisotopic (exact) mass is 285 g/mol. The summed E-state index contributed by atoms with van der Waals surface area (Å²) in [6.07, 6.45) is 1.65. The Balaban J connectivity index is 3.15. The van der Waals surface area contributed by atoms with Crippen molar-refractivity contribution in [3.05, 3.63) is 35.4 Å². The lowest BCUT2D eigenvalue weighted by Crippen LogP contribution is -2.41. The fraction of sp³-hybridized carbons (Fsp3) is 0.533. The first-order valence-electron chi connectivity index (χ1n) is 6.74. The number of carboxylic acid groups (broad SMARTS) is 1. The van der Waals surface area contributed by atoms with Crippen molar-refractivity contribution in [2.75, 3.05) is 0 Å². The summed E-state index contributed by atoms with van der Waals surface area (Å²) in [6.45, 7) is 3.94. The number of benzene rings is 1. The van der Waals surface area contributed by atoms with Gasteiger partial charge in [0.15, 0.2) is 0 Å². The van der Waals surface area contributed by atoms with Crippen molar-refractivity contribution < 1.29 is 18.7 Å². The fourth-order valence-corrected chi connectivity index (χ4v) is 2.64.